The molecule has 0 heterocycles. The second kappa shape index (κ2) is 30.9. The molecule has 0 fully saturated rings. The Morgan fingerprint density at radius 3 is 1.20 bits per heavy atom. The molecule has 0 atom stereocenters. The van der Waals surface area contributed by atoms with Crippen LogP contribution in [-0.2, 0) is 43.8 Å². The maximum absolute atomic E-state index is 8.19. The molecule has 0 saturated heterocycles. The van der Waals surface area contributed by atoms with Crippen LogP contribution in [0.4, 0.5) is 0 Å². The Morgan fingerprint density at radius 1 is 1.20 bits per heavy atom. The zero-order valence-corrected chi connectivity index (χ0v) is 12.2. The Morgan fingerprint density at radius 2 is 1.20 bits per heavy atom. The van der Waals surface area contributed by atoms with Gasteiger partial charge in [0, 0.05) is 62.7 Å². The molecule has 0 N–H and O–H groups in total. The molecule has 0 spiro atoms. The van der Waals surface area contributed by atoms with Crippen LogP contribution in [0.1, 0.15) is 0 Å². The van der Waals surface area contributed by atoms with Gasteiger partial charge in [-0.15, -0.1) is 0 Å². The smallest absolute Gasteiger partial charge is 0 e. The average Bonchev–Trinajstić information content (AvgIpc) is 1.00. The van der Waals surface area contributed by atoms with Crippen LogP contribution < -0.4 is 0 Å². The summed E-state index contributed by atoms with van der Waals surface area (Å²) in [6, 6.07) is 0. The summed E-state index contributed by atoms with van der Waals surface area (Å²) in [5.74, 6) is 0. The Kier molecular flexibility index (Phi) is 158. The monoisotopic (exact) mass is 419 g/mol. The van der Waals surface area contributed by atoms with Gasteiger partial charge >= 0.3 is 24.3 Å². The third-order valence-corrected chi connectivity index (χ3v) is 0. The van der Waals surface area contributed by atoms with Gasteiger partial charge in [-0.2, -0.15) is 0 Å². The normalized spacial score (nSPS) is 1.20. The van der Waals surface area contributed by atoms with Crippen LogP contribution in [0, 0.1) is 0 Å². The van der Waals surface area contributed by atoms with Crippen molar-refractivity contribution in [2.24, 2.45) is 0 Å². The third-order valence-electron chi connectivity index (χ3n) is 0. The summed E-state index contributed by atoms with van der Waals surface area (Å²) >= 11 is 1.03. The van der Waals surface area contributed by atoms with Gasteiger partial charge in [-0.3, -0.25) is 0 Å². The molecule has 1 nitrogen and oxygen atoms in total. The minimum atomic E-state index is 0. The van der Waals surface area contributed by atoms with Crippen molar-refractivity contribution in [2.75, 3.05) is 0 Å². The zero-order valence-electron chi connectivity index (χ0n) is 2.57. The van der Waals surface area contributed by atoms with Gasteiger partial charge in [0.2, 0.25) is 0 Å². The van der Waals surface area contributed by atoms with Crippen molar-refractivity contribution < 1.29 is 43.8 Å². The van der Waals surface area contributed by atoms with Crippen LogP contribution in [0.15, 0.2) is 0 Å². The third kappa shape index (κ3) is 20.8. The fourth-order valence-corrected chi connectivity index (χ4v) is 0. The number of rotatable bonds is 0. The van der Waals surface area contributed by atoms with Gasteiger partial charge in [-0.05, 0) is 0 Å². The molecule has 5 heavy (non-hydrogen) atoms. The van der Waals surface area contributed by atoms with Gasteiger partial charge in [0.1, 0.15) is 0 Å². The van der Waals surface area contributed by atoms with E-state index in [0.29, 0.717) is 0 Å². The number of hydrogen-bond donors (Lipinski definition) is 0. The van der Waals surface area contributed by atoms with E-state index < -0.39 is 0 Å². The van der Waals surface area contributed by atoms with Gasteiger partial charge in [0.05, 0.1) is 0 Å². The van der Waals surface area contributed by atoms with E-state index in [2.05, 4.69) is 0 Å². The molecule has 0 aromatic carbocycles. The molecule has 25 valence electrons. The van der Waals surface area contributed by atoms with Crippen LogP contribution in [0.25, 0.3) is 0 Å². The zero-order chi connectivity index (χ0) is 2.00. The van der Waals surface area contributed by atoms with Crippen LogP contribution in [0.3, 0.4) is 0 Å². The average molecular weight is 420 g/mol. The van der Waals surface area contributed by atoms with E-state index in [1.54, 1.807) is 0 Å². The fourth-order valence-electron chi connectivity index (χ4n) is 0. The van der Waals surface area contributed by atoms with Crippen molar-refractivity contribution >= 4 is 43.2 Å². The molecule has 0 aliphatic rings. The quantitative estimate of drug-likeness (QED) is 0.466. The van der Waals surface area contributed by atoms with Gasteiger partial charge in [-0.25, -0.2) is 0 Å². The van der Waals surface area contributed by atoms with Gasteiger partial charge in [-0.1, -0.05) is 0 Å². The summed E-state index contributed by atoms with van der Waals surface area (Å²) in [5, 5.41) is 0. The van der Waals surface area contributed by atoms with Crippen molar-refractivity contribution in [3.8, 4) is 0 Å². The van der Waals surface area contributed by atoms with Crippen molar-refractivity contribution in [3.05, 3.63) is 0 Å². The van der Waals surface area contributed by atoms with Crippen LogP contribution in [0.5, 0.6) is 0 Å². The predicted octanol–water partition coefficient (Wildman–Crippen LogP) is -0.885. The molecule has 0 unspecified atom stereocenters. The molecular weight excluding hydrogens is 420 g/mol. The molecule has 0 aromatic rings. The first-order valence-electron chi connectivity index (χ1n) is 0.123. The molecule has 0 rings (SSSR count). The van der Waals surface area contributed by atoms with E-state index in [-0.39, 0.29) is 62.7 Å². The van der Waals surface area contributed by atoms with Crippen LogP contribution in [-0.4, -0.2) is 43.2 Å². The predicted molar refractivity (Wildman–Crippen MR) is 12.2 cm³/mol. The summed E-state index contributed by atoms with van der Waals surface area (Å²) in [5.41, 5.74) is 0. The minimum absolute atomic E-state index is 0. The minimum Gasteiger partial charge on any atom is 0 e. The van der Waals surface area contributed by atoms with Gasteiger partial charge in [0.15, 0.2) is 0 Å². The first kappa shape index (κ1) is 25.7. The summed E-state index contributed by atoms with van der Waals surface area (Å²) in [4.78, 5) is 0. The van der Waals surface area contributed by atoms with Crippen molar-refractivity contribution in [1.82, 2.24) is 0 Å². The Hall–Kier alpha value is 2.57. The van der Waals surface area contributed by atoms with E-state index >= 15 is 0 Å². The molecule has 5 heteroatoms. The molecule has 0 aliphatic carbocycles. The van der Waals surface area contributed by atoms with Gasteiger partial charge in [0.25, 0.3) is 0 Å². The topological polar surface area (TPSA) is 17.1 Å². The van der Waals surface area contributed by atoms with Crippen LogP contribution >= 0.6 is 0 Å². The van der Waals surface area contributed by atoms with Crippen LogP contribution in [0.2, 0.25) is 0 Å². The first-order chi connectivity index (χ1) is 1.00. The molecule has 0 saturated carbocycles. The SMILES string of the molecule is [Al].[In].[O]=[Au].[Zn]. The molecule has 0 aliphatic heterocycles. The fraction of sp³-hybridized carbons (Fsp3) is 0. The number of hydrogen-bond acceptors (Lipinski definition) is 1. The standard InChI is InChI=1S/Al.Au.In.O.Zn. The maximum Gasteiger partial charge on any atom is 0 e. The molecule has 0 amide bonds. The second-order valence-corrected chi connectivity index (χ2v) is 0. The first-order valence-corrected chi connectivity index (χ1v) is 1.01. The van der Waals surface area contributed by atoms with Crippen molar-refractivity contribution in [3.63, 3.8) is 0 Å². The Bertz CT molecular complexity index is 11.6. The molecular formula is AlAuInOZn. The summed E-state index contributed by atoms with van der Waals surface area (Å²) in [6.07, 6.45) is 0. The van der Waals surface area contributed by atoms with E-state index in [4.69, 9.17) is 3.25 Å². The van der Waals surface area contributed by atoms with E-state index in [9.17, 15) is 0 Å². The molecule has 0 aromatic heterocycles. The van der Waals surface area contributed by atoms with E-state index in [1.165, 1.54) is 0 Å². The Balaban J connectivity index is -0.00000000167. The van der Waals surface area contributed by atoms with E-state index in [0.717, 1.165) is 21.0 Å². The van der Waals surface area contributed by atoms with Gasteiger partial charge < -0.3 is 0 Å². The molecule has 6 radical (unpaired) electrons. The summed E-state index contributed by atoms with van der Waals surface area (Å²) in [6.45, 7) is 0. The van der Waals surface area contributed by atoms with Crippen molar-refractivity contribution in [2.45, 2.75) is 0 Å². The van der Waals surface area contributed by atoms with E-state index in [1.807, 2.05) is 0 Å². The van der Waals surface area contributed by atoms with Crippen molar-refractivity contribution in [1.29, 1.82) is 0 Å². The molecule has 0 bridgehead atoms. The largest absolute Gasteiger partial charge is 0 e. The summed E-state index contributed by atoms with van der Waals surface area (Å²) < 4.78 is 8.19. The Labute approximate surface area is 85.6 Å². The summed E-state index contributed by atoms with van der Waals surface area (Å²) in [7, 11) is 0. The maximum atomic E-state index is 8.19. The second-order valence-electron chi connectivity index (χ2n) is 0.